The van der Waals surface area contributed by atoms with Crippen LogP contribution >= 0.6 is 15.9 Å². The molecule has 0 radical (unpaired) electrons. The SMILES string of the molecule is N#Cc1nc(C(F)F)cc(CBr)c1CO. The van der Waals surface area contributed by atoms with Crippen molar-refractivity contribution in [1.82, 2.24) is 4.98 Å². The molecule has 0 amide bonds. The lowest BCUT2D eigenvalue weighted by Crippen LogP contribution is -2.03. The molecule has 0 atom stereocenters. The number of aliphatic hydroxyl groups excluding tert-OH is 1. The molecule has 0 unspecified atom stereocenters. The van der Waals surface area contributed by atoms with Crippen LogP contribution in [0, 0.1) is 11.3 Å². The van der Waals surface area contributed by atoms with Crippen LogP contribution in [-0.2, 0) is 11.9 Å². The van der Waals surface area contributed by atoms with Crippen molar-refractivity contribution >= 4 is 15.9 Å². The molecule has 1 aromatic heterocycles. The molecule has 6 heteroatoms. The first kappa shape index (κ1) is 12.0. The highest BCUT2D eigenvalue weighted by Crippen LogP contribution is 2.23. The van der Waals surface area contributed by atoms with E-state index in [1.165, 1.54) is 6.07 Å². The fraction of sp³-hybridized carbons (Fsp3) is 0.333. The third-order valence-electron chi connectivity index (χ3n) is 1.87. The van der Waals surface area contributed by atoms with E-state index in [1.807, 2.05) is 0 Å². The minimum atomic E-state index is -2.72. The van der Waals surface area contributed by atoms with E-state index < -0.39 is 12.1 Å². The average molecular weight is 277 g/mol. The highest BCUT2D eigenvalue weighted by molar-refractivity contribution is 9.08. The molecule has 0 saturated carbocycles. The van der Waals surface area contributed by atoms with Crippen LogP contribution in [0.15, 0.2) is 6.07 Å². The molecule has 0 aliphatic heterocycles. The number of hydrogen-bond donors (Lipinski definition) is 1. The highest BCUT2D eigenvalue weighted by Gasteiger charge is 2.16. The maximum absolute atomic E-state index is 12.4. The van der Waals surface area contributed by atoms with Crippen molar-refractivity contribution in [1.29, 1.82) is 5.26 Å². The van der Waals surface area contributed by atoms with Gasteiger partial charge in [0.05, 0.1) is 6.61 Å². The summed E-state index contributed by atoms with van der Waals surface area (Å²) in [6.07, 6.45) is -2.72. The van der Waals surface area contributed by atoms with E-state index in [4.69, 9.17) is 10.4 Å². The Bertz CT molecular complexity index is 404. The van der Waals surface area contributed by atoms with E-state index in [9.17, 15) is 8.78 Å². The van der Waals surface area contributed by atoms with Gasteiger partial charge in [-0.05, 0) is 11.6 Å². The summed E-state index contributed by atoms with van der Waals surface area (Å²) < 4.78 is 24.8. The van der Waals surface area contributed by atoms with Crippen molar-refractivity contribution in [2.45, 2.75) is 18.4 Å². The first-order chi connectivity index (χ1) is 7.13. The van der Waals surface area contributed by atoms with Crippen molar-refractivity contribution < 1.29 is 13.9 Å². The molecular formula is C9H7BrF2N2O. The van der Waals surface area contributed by atoms with Crippen LogP contribution in [0.5, 0.6) is 0 Å². The molecule has 1 rings (SSSR count). The van der Waals surface area contributed by atoms with E-state index in [1.54, 1.807) is 6.07 Å². The van der Waals surface area contributed by atoms with Gasteiger partial charge in [-0.1, -0.05) is 15.9 Å². The zero-order valence-electron chi connectivity index (χ0n) is 7.54. The predicted octanol–water partition coefficient (Wildman–Crippen LogP) is 2.28. The van der Waals surface area contributed by atoms with E-state index in [0.29, 0.717) is 16.5 Å². The molecule has 0 spiro atoms. The van der Waals surface area contributed by atoms with Gasteiger partial charge in [0.2, 0.25) is 0 Å². The van der Waals surface area contributed by atoms with E-state index in [2.05, 4.69) is 20.9 Å². The van der Waals surface area contributed by atoms with Gasteiger partial charge in [0.15, 0.2) is 0 Å². The van der Waals surface area contributed by atoms with Crippen LogP contribution in [0.1, 0.15) is 28.9 Å². The van der Waals surface area contributed by atoms with Gasteiger partial charge in [0.1, 0.15) is 17.5 Å². The van der Waals surface area contributed by atoms with Gasteiger partial charge in [0.25, 0.3) is 6.43 Å². The van der Waals surface area contributed by atoms with Crippen molar-refractivity contribution in [3.8, 4) is 6.07 Å². The molecule has 0 bridgehead atoms. The topological polar surface area (TPSA) is 56.9 Å². The van der Waals surface area contributed by atoms with Crippen LogP contribution < -0.4 is 0 Å². The monoisotopic (exact) mass is 276 g/mol. The number of aliphatic hydroxyl groups is 1. The maximum atomic E-state index is 12.4. The number of rotatable bonds is 3. The molecule has 1 N–H and O–H groups in total. The number of aromatic nitrogens is 1. The second-order valence-corrected chi connectivity index (χ2v) is 3.30. The Hall–Kier alpha value is -1.06. The van der Waals surface area contributed by atoms with Gasteiger partial charge < -0.3 is 5.11 Å². The summed E-state index contributed by atoms with van der Waals surface area (Å²) in [6.45, 7) is -0.389. The van der Waals surface area contributed by atoms with E-state index in [0.717, 1.165) is 0 Å². The molecule has 0 aliphatic carbocycles. The Morgan fingerprint density at radius 3 is 2.67 bits per heavy atom. The Labute approximate surface area is 93.5 Å². The summed E-state index contributed by atoms with van der Waals surface area (Å²) in [7, 11) is 0. The first-order valence-corrected chi connectivity index (χ1v) is 5.14. The number of alkyl halides is 3. The van der Waals surface area contributed by atoms with Crippen LogP contribution in [0.25, 0.3) is 0 Å². The lowest BCUT2D eigenvalue weighted by Gasteiger charge is -2.08. The lowest BCUT2D eigenvalue weighted by molar-refractivity contribution is 0.145. The summed E-state index contributed by atoms with van der Waals surface area (Å²) in [5, 5.41) is 18.0. The summed E-state index contributed by atoms with van der Waals surface area (Å²) in [5.74, 6) is 0. The zero-order valence-corrected chi connectivity index (χ0v) is 9.13. The summed E-state index contributed by atoms with van der Waals surface area (Å²) >= 11 is 3.10. The van der Waals surface area contributed by atoms with Crippen LogP contribution in [0.3, 0.4) is 0 Å². The fourth-order valence-electron chi connectivity index (χ4n) is 1.15. The third kappa shape index (κ3) is 2.49. The number of halogens is 3. The van der Waals surface area contributed by atoms with Crippen LogP contribution in [-0.4, -0.2) is 10.1 Å². The number of hydrogen-bond acceptors (Lipinski definition) is 3. The first-order valence-electron chi connectivity index (χ1n) is 4.01. The van der Waals surface area contributed by atoms with E-state index >= 15 is 0 Å². The fourth-order valence-corrected chi connectivity index (χ4v) is 1.65. The van der Waals surface area contributed by atoms with Gasteiger partial charge in [0, 0.05) is 10.9 Å². The van der Waals surface area contributed by atoms with Gasteiger partial charge >= 0.3 is 0 Å². The summed E-state index contributed by atoms with van der Waals surface area (Å²) in [4.78, 5) is 3.48. The third-order valence-corrected chi connectivity index (χ3v) is 2.47. The molecular weight excluding hydrogens is 270 g/mol. The smallest absolute Gasteiger partial charge is 0.280 e. The van der Waals surface area contributed by atoms with Gasteiger partial charge in [-0.3, -0.25) is 0 Å². The Balaban J connectivity index is 3.37. The molecule has 15 heavy (non-hydrogen) atoms. The standard InChI is InChI=1S/C9H7BrF2N2O/c10-2-5-1-7(9(11)12)14-8(3-13)6(5)4-15/h1,9,15H,2,4H2. The van der Waals surface area contributed by atoms with Crippen molar-refractivity contribution in [3.63, 3.8) is 0 Å². The molecule has 1 heterocycles. The molecule has 0 aliphatic rings. The number of nitriles is 1. The molecule has 0 saturated heterocycles. The average Bonchev–Trinajstić information content (AvgIpc) is 2.26. The zero-order chi connectivity index (χ0) is 11.4. The molecule has 80 valence electrons. The van der Waals surface area contributed by atoms with Crippen LogP contribution in [0.2, 0.25) is 0 Å². The minimum absolute atomic E-state index is 0.148. The molecule has 1 aromatic rings. The number of pyridine rings is 1. The second-order valence-electron chi connectivity index (χ2n) is 2.74. The van der Waals surface area contributed by atoms with Crippen molar-refractivity contribution in [2.75, 3.05) is 0 Å². The van der Waals surface area contributed by atoms with Crippen molar-refractivity contribution in [3.05, 3.63) is 28.6 Å². The lowest BCUT2D eigenvalue weighted by atomic mass is 10.1. The van der Waals surface area contributed by atoms with Gasteiger partial charge in [-0.2, -0.15) is 5.26 Å². The molecule has 3 nitrogen and oxygen atoms in total. The summed E-state index contributed by atoms with van der Waals surface area (Å²) in [6, 6.07) is 2.88. The Morgan fingerprint density at radius 1 is 1.60 bits per heavy atom. The summed E-state index contributed by atoms with van der Waals surface area (Å²) in [5.41, 5.74) is 0.154. The van der Waals surface area contributed by atoms with Crippen LogP contribution in [0.4, 0.5) is 8.78 Å². The maximum Gasteiger partial charge on any atom is 0.280 e. The molecule has 0 fully saturated rings. The van der Waals surface area contributed by atoms with Gasteiger partial charge in [-0.25, -0.2) is 13.8 Å². The molecule has 0 aromatic carbocycles. The largest absolute Gasteiger partial charge is 0.392 e. The van der Waals surface area contributed by atoms with Gasteiger partial charge in [-0.15, -0.1) is 0 Å². The quantitative estimate of drug-likeness (QED) is 0.862. The highest BCUT2D eigenvalue weighted by atomic mass is 79.9. The predicted molar refractivity (Wildman–Crippen MR) is 52.5 cm³/mol. The van der Waals surface area contributed by atoms with Crippen molar-refractivity contribution in [2.24, 2.45) is 0 Å². The Kier molecular flexibility index (Phi) is 4.12. The Morgan fingerprint density at radius 2 is 2.27 bits per heavy atom. The number of nitrogens with zero attached hydrogens (tertiary/aromatic N) is 2. The minimum Gasteiger partial charge on any atom is -0.392 e. The van der Waals surface area contributed by atoms with E-state index in [-0.39, 0.29) is 12.3 Å². The second kappa shape index (κ2) is 5.14. The normalized spacial score (nSPS) is 10.4.